The number of carbonyl (C=O) groups excluding carboxylic acids is 1. The van der Waals surface area contributed by atoms with E-state index in [1.54, 1.807) is 13.1 Å². The highest BCUT2D eigenvalue weighted by Gasteiger charge is 2.12. The molecule has 4 aromatic rings. The number of fused-ring (bicyclic) bond motifs is 1. The first-order chi connectivity index (χ1) is 14.6. The Kier molecular flexibility index (Phi) is 5.93. The van der Waals surface area contributed by atoms with Gasteiger partial charge in [0, 0.05) is 18.5 Å². The normalized spacial score (nSPS) is 11.1. The van der Waals surface area contributed by atoms with E-state index in [4.69, 9.17) is 9.15 Å². The predicted octanol–water partition coefficient (Wildman–Crippen LogP) is 4.99. The van der Waals surface area contributed by atoms with Gasteiger partial charge in [-0.15, -0.1) is 0 Å². The molecule has 0 unspecified atom stereocenters. The van der Waals surface area contributed by atoms with Crippen LogP contribution in [0.5, 0.6) is 5.75 Å². The second-order valence-corrected chi connectivity index (χ2v) is 7.35. The lowest BCUT2D eigenvalue weighted by Crippen LogP contribution is -2.04. The number of Topliss-reactive ketones (excluding diaryl/α,β-unsaturated/α-hetero) is 1. The van der Waals surface area contributed by atoms with Crippen LogP contribution in [0.15, 0.2) is 59.1 Å². The van der Waals surface area contributed by atoms with E-state index < -0.39 is 0 Å². The highest BCUT2D eigenvalue weighted by molar-refractivity contribution is 5.85. The molecule has 2 heterocycles. The molecule has 0 fully saturated rings. The second kappa shape index (κ2) is 8.95. The lowest BCUT2D eigenvalue weighted by molar-refractivity contribution is -0.117. The number of nitrogens with zero attached hydrogens (tertiary/aromatic N) is 3. The van der Waals surface area contributed by atoms with Crippen molar-refractivity contribution in [3.05, 3.63) is 66.2 Å². The van der Waals surface area contributed by atoms with Gasteiger partial charge in [-0.2, -0.15) is 5.10 Å². The van der Waals surface area contributed by atoms with E-state index in [9.17, 15) is 4.79 Å². The average molecular weight is 403 g/mol. The second-order valence-electron chi connectivity index (χ2n) is 7.35. The first-order valence-corrected chi connectivity index (χ1v) is 10.2. The number of rotatable bonds is 9. The molecule has 0 spiro atoms. The Bertz CT molecular complexity index is 1150. The van der Waals surface area contributed by atoms with Crippen molar-refractivity contribution in [2.75, 3.05) is 6.61 Å². The lowest BCUT2D eigenvalue weighted by Gasteiger charge is -2.07. The van der Waals surface area contributed by atoms with Crippen molar-refractivity contribution >= 4 is 16.7 Å². The fraction of sp³-hybridized carbons (Fsp3) is 0.292. The molecule has 2 aromatic carbocycles. The Labute approximate surface area is 175 Å². The molecule has 2 aromatic heterocycles. The summed E-state index contributed by atoms with van der Waals surface area (Å²) in [5.41, 5.74) is 2.93. The number of benzene rings is 2. The van der Waals surface area contributed by atoms with Crippen LogP contribution in [0, 0.1) is 6.92 Å². The molecular formula is C24H25N3O3. The molecule has 0 atom stereocenters. The first kappa shape index (κ1) is 19.9. The largest absolute Gasteiger partial charge is 0.493 e. The molecule has 0 bridgehead atoms. The van der Waals surface area contributed by atoms with Crippen LogP contribution >= 0.6 is 0 Å². The molecule has 154 valence electrons. The molecule has 0 aliphatic heterocycles. The standard InChI is InChI=1S/C24H25N3O3/c1-17(28)13-14-27-22-11-6-12-23(20(22)16-25-27)29-15-7-10-21-18(2)30-24(26-21)19-8-4-3-5-9-19/h3-6,8-9,11-12,16H,7,10,13-15H2,1-2H3. The van der Waals surface area contributed by atoms with E-state index >= 15 is 0 Å². The van der Waals surface area contributed by atoms with E-state index in [1.165, 1.54) is 0 Å². The summed E-state index contributed by atoms with van der Waals surface area (Å²) >= 11 is 0. The first-order valence-electron chi connectivity index (χ1n) is 10.2. The molecule has 0 amide bonds. The van der Waals surface area contributed by atoms with Crippen molar-refractivity contribution in [2.45, 2.75) is 39.7 Å². The van der Waals surface area contributed by atoms with Crippen LogP contribution in [0.25, 0.3) is 22.4 Å². The highest BCUT2D eigenvalue weighted by Crippen LogP contribution is 2.26. The minimum Gasteiger partial charge on any atom is -0.493 e. The Morgan fingerprint density at radius 1 is 1.13 bits per heavy atom. The molecule has 0 saturated carbocycles. The Morgan fingerprint density at radius 3 is 2.77 bits per heavy atom. The van der Waals surface area contributed by atoms with Crippen LogP contribution in [-0.2, 0) is 17.8 Å². The minimum absolute atomic E-state index is 0.157. The summed E-state index contributed by atoms with van der Waals surface area (Å²) in [5.74, 6) is 2.47. The Morgan fingerprint density at radius 2 is 1.97 bits per heavy atom. The van der Waals surface area contributed by atoms with Gasteiger partial charge in [-0.05, 0) is 51.0 Å². The molecule has 0 aliphatic carbocycles. The van der Waals surface area contributed by atoms with Gasteiger partial charge in [-0.1, -0.05) is 24.3 Å². The van der Waals surface area contributed by atoms with Gasteiger partial charge in [-0.25, -0.2) is 4.98 Å². The van der Waals surface area contributed by atoms with Crippen LogP contribution in [0.2, 0.25) is 0 Å². The van der Waals surface area contributed by atoms with Crippen LogP contribution in [0.3, 0.4) is 0 Å². The van der Waals surface area contributed by atoms with Crippen molar-refractivity contribution < 1.29 is 13.9 Å². The van der Waals surface area contributed by atoms with Crippen molar-refractivity contribution in [3.8, 4) is 17.2 Å². The number of aromatic nitrogens is 3. The van der Waals surface area contributed by atoms with Crippen molar-refractivity contribution in [3.63, 3.8) is 0 Å². The zero-order chi connectivity index (χ0) is 20.9. The summed E-state index contributed by atoms with van der Waals surface area (Å²) in [5, 5.41) is 5.37. The molecule has 4 rings (SSSR count). The Balaban J connectivity index is 1.37. The summed E-state index contributed by atoms with van der Waals surface area (Å²) < 4.78 is 13.7. The third-order valence-electron chi connectivity index (χ3n) is 5.05. The van der Waals surface area contributed by atoms with E-state index in [2.05, 4.69) is 10.1 Å². The van der Waals surface area contributed by atoms with Gasteiger partial charge in [0.1, 0.15) is 17.3 Å². The van der Waals surface area contributed by atoms with E-state index in [0.717, 1.165) is 46.5 Å². The summed E-state index contributed by atoms with van der Waals surface area (Å²) in [7, 11) is 0. The number of aryl methyl sites for hydroxylation is 3. The lowest BCUT2D eigenvalue weighted by atomic mass is 10.2. The molecule has 0 aliphatic rings. The fourth-order valence-electron chi connectivity index (χ4n) is 3.43. The number of ether oxygens (including phenoxy) is 1. The van der Waals surface area contributed by atoms with Crippen molar-refractivity contribution in [1.82, 2.24) is 14.8 Å². The summed E-state index contributed by atoms with van der Waals surface area (Å²) in [6, 6.07) is 15.8. The van der Waals surface area contributed by atoms with Crippen LogP contribution < -0.4 is 4.74 Å². The molecule has 0 N–H and O–H groups in total. The molecule has 6 heteroatoms. The molecule has 30 heavy (non-hydrogen) atoms. The SMILES string of the molecule is CC(=O)CCn1ncc2c(OCCCc3nc(-c4ccccc4)oc3C)cccc21. The van der Waals surface area contributed by atoms with E-state index in [0.29, 0.717) is 25.5 Å². The summed E-state index contributed by atoms with van der Waals surface area (Å²) in [4.78, 5) is 15.9. The number of oxazole rings is 1. The third-order valence-corrected chi connectivity index (χ3v) is 5.05. The molecular weight excluding hydrogens is 378 g/mol. The van der Waals surface area contributed by atoms with Crippen molar-refractivity contribution in [1.29, 1.82) is 0 Å². The fourth-order valence-corrected chi connectivity index (χ4v) is 3.43. The number of hydrogen-bond acceptors (Lipinski definition) is 5. The number of ketones is 1. The van der Waals surface area contributed by atoms with Crippen molar-refractivity contribution in [2.24, 2.45) is 0 Å². The van der Waals surface area contributed by atoms with Gasteiger partial charge in [0.05, 0.1) is 29.4 Å². The maximum Gasteiger partial charge on any atom is 0.226 e. The molecule has 0 saturated heterocycles. The Hall–Kier alpha value is -3.41. The van der Waals surface area contributed by atoms with Crippen LogP contribution in [0.4, 0.5) is 0 Å². The monoisotopic (exact) mass is 403 g/mol. The zero-order valence-electron chi connectivity index (χ0n) is 17.3. The van der Waals surface area contributed by atoms with E-state index in [1.807, 2.05) is 60.1 Å². The molecule has 6 nitrogen and oxygen atoms in total. The smallest absolute Gasteiger partial charge is 0.226 e. The minimum atomic E-state index is 0.157. The zero-order valence-corrected chi connectivity index (χ0v) is 17.3. The van der Waals surface area contributed by atoms with Gasteiger partial charge >= 0.3 is 0 Å². The molecule has 0 radical (unpaired) electrons. The van der Waals surface area contributed by atoms with Crippen LogP contribution in [-0.4, -0.2) is 27.2 Å². The van der Waals surface area contributed by atoms with Crippen LogP contribution in [0.1, 0.15) is 31.2 Å². The summed E-state index contributed by atoms with van der Waals surface area (Å²) in [6.45, 7) is 4.70. The maximum atomic E-state index is 11.3. The quantitative estimate of drug-likeness (QED) is 0.368. The van der Waals surface area contributed by atoms with Gasteiger partial charge in [-0.3, -0.25) is 9.48 Å². The summed E-state index contributed by atoms with van der Waals surface area (Å²) in [6.07, 6.45) is 3.90. The van der Waals surface area contributed by atoms with Gasteiger partial charge in [0.2, 0.25) is 5.89 Å². The van der Waals surface area contributed by atoms with E-state index in [-0.39, 0.29) is 5.78 Å². The van der Waals surface area contributed by atoms with Gasteiger partial charge in [0.15, 0.2) is 0 Å². The topological polar surface area (TPSA) is 70.2 Å². The van der Waals surface area contributed by atoms with Gasteiger partial charge in [0.25, 0.3) is 0 Å². The maximum absolute atomic E-state index is 11.3. The predicted molar refractivity (Wildman–Crippen MR) is 116 cm³/mol. The van der Waals surface area contributed by atoms with Gasteiger partial charge < -0.3 is 9.15 Å². The number of hydrogen-bond donors (Lipinski definition) is 0. The number of carbonyl (C=O) groups is 1. The third kappa shape index (κ3) is 4.43. The average Bonchev–Trinajstić information content (AvgIpc) is 3.34. The highest BCUT2D eigenvalue weighted by atomic mass is 16.5.